The van der Waals surface area contributed by atoms with E-state index in [1.54, 1.807) is 6.07 Å². The first-order valence-electron chi connectivity index (χ1n) is 7.67. The van der Waals surface area contributed by atoms with Crippen molar-refractivity contribution in [1.29, 1.82) is 0 Å². The molecule has 2 aliphatic rings. The average molecular weight is 342 g/mol. The van der Waals surface area contributed by atoms with Gasteiger partial charge in [0.1, 0.15) is 11.0 Å². The molecule has 3 heterocycles. The molecule has 1 aromatic rings. The van der Waals surface area contributed by atoms with Gasteiger partial charge in [0.2, 0.25) is 5.95 Å². The van der Waals surface area contributed by atoms with E-state index in [2.05, 4.69) is 25.5 Å². The zero-order chi connectivity index (χ0) is 15.4. The average Bonchev–Trinajstić information content (AvgIpc) is 3.18. The molecule has 0 amide bonds. The van der Waals surface area contributed by atoms with E-state index in [9.17, 15) is 0 Å². The summed E-state index contributed by atoms with van der Waals surface area (Å²) in [6.07, 6.45) is 4.79. The van der Waals surface area contributed by atoms with Crippen molar-refractivity contribution in [2.45, 2.75) is 31.8 Å². The number of halogens is 1. The Kier molecular flexibility index (Phi) is 5.28. The van der Waals surface area contributed by atoms with Gasteiger partial charge in [0.15, 0.2) is 5.11 Å². The molecule has 0 aromatic carbocycles. The summed E-state index contributed by atoms with van der Waals surface area (Å²) in [5.74, 6) is 1.28. The lowest BCUT2D eigenvalue weighted by molar-refractivity contribution is 0.114. The van der Waals surface area contributed by atoms with E-state index in [4.69, 9.17) is 28.6 Å². The number of ether oxygens (including phenoxy) is 1. The van der Waals surface area contributed by atoms with Crippen LogP contribution in [0.4, 0.5) is 11.8 Å². The van der Waals surface area contributed by atoms with Crippen LogP contribution < -0.4 is 15.5 Å². The summed E-state index contributed by atoms with van der Waals surface area (Å²) >= 11 is 11.4. The SMILES string of the molecule is S=C(NC[C@H]1CCCO1)Nc1nc(Cl)cc(N2CCCC2)n1. The minimum absolute atomic E-state index is 0.236. The standard InChI is InChI=1S/C14H20ClN5OS/c15-11-8-12(20-5-1-2-6-20)18-13(17-11)19-14(22)16-9-10-4-3-7-21-10/h8,10H,1-7,9H2,(H2,16,17,18,19,22)/t10-/m1/s1. The summed E-state index contributed by atoms with van der Waals surface area (Å²) in [4.78, 5) is 10.9. The molecule has 2 saturated heterocycles. The monoisotopic (exact) mass is 341 g/mol. The third-order valence-corrected chi connectivity index (χ3v) is 4.29. The van der Waals surface area contributed by atoms with E-state index >= 15 is 0 Å². The van der Waals surface area contributed by atoms with Gasteiger partial charge >= 0.3 is 0 Å². The topological polar surface area (TPSA) is 62.3 Å². The quantitative estimate of drug-likeness (QED) is 0.643. The summed E-state index contributed by atoms with van der Waals surface area (Å²) in [6, 6.07) is 1.79. The lowest BCUT2D eigenvalue weighted by atomic mass is 10.2. The molecule has 120 valence electrons. The third-order valence-electron chi connectivity index (χ3n) is 3.85. The van der Waals surface area contributed by atoms with Gasteiger partial charge in [-0.3, -0.25) is 0 Å². The summed E-state index contributed by atoms with van der Waals surface area (Å²) in [6.45, 7) is 3.55. The number of anilines is 2. The number of aromatic nitrogens is 2. The van der Waals surface area contributed by atoms with Gasteiger partial charge in [-0.1, -0.05) is 11.6 Å². The van der Waals surface area contributed by atoms with Crippen molar-refractivity contribution in [1.82, 2.24) is 15.3 Å². The summed E-state index contributed by atoms with van der Waals surface area (Å²) in [5, 5.41) is 7.05. The van der Waals surface area contributed by atoms with Gasteiger partial charge in [0.05, 0.1) is 6.10 Å². The largest absolute Gasteiger partial charge is 0.376 e. The van der Waals surface area contributed by atoms with Crippen LogP contribution in [-0.4, -0.2) is 47.4 Å². The molecule has 8 heteroatoms. The van der Waals surface area contributed by atoms with E-state index in [1.807, 2.05) is 0 Å². The molecule has 0 bridgehead atoms. The maximum atomic E-state index is 6.09. The van der Waals surface area contributed by atoms with Crippen molar-refractivity contribution in [2.75, 3.05) is 36.5 Å². The molecular weight excluding hydrogens is 322 g/mol. The highest BCUT2D eigenvalue weighted by Crippen LogP contribution is 2.22. The zero-order valence-corrected chi connectivity index (χ0v) is 13.9. The molecule has 0 aliphatic carbocycles. The Hall–Kier alpha value is -1.18. The lowest BCUT2D eigenvalue weighted by Gasteiger charge is -2.18. The molecule has 3 rings (SSSR count). The van der Waals surface area contributed by atoms with E-state index < -0.39 is 0 Å². The zero-order valence-electron chi connectivity index (χ0n) is 12.3. The number of rotatable bonds is 4. The van der Waals surface area contributed by atoms with Gasteiger partial charge in [-0.25, -0.2) is 4.98 Å². The minimum atomic E-state index is 0.236. The van der Waals surface area contributed by atoms with Gasteiger partial charge in [-0.2, -0.15) is 4.98 Å². The summed E-state index contributed by atoms with van der Waals surface area (Å²) < 4.78 is 5.55. The van der Waals surface area contributed by atoms with Crippen molar-refractivity contribution in [2.24, 2.45) is 0 Å². The fourth-order valence-corrected chi connectivity index (χ4v) is 3.08. The Balaban J connectivity index is 1.57. The second-order valence-corrected chi connectivity index (χ2v) is 6.33. The van der Waals surface area contributed by atoms with Gasteiger partial charge in [0.25, 0.3) is 0 Å². The summed E-state index contributed by atoms with van der Waals surface area (Å²) in [5.41, 5.74) is 0. The fraction of sp³-hybridized carbons (Fsp3) is 0.643. The molecule has 0 saturated carbocycles. The number of thiocarbonyl (C=S) groups is 1. The molecule has 1 atom stereocenters. The maximum absolute atomic E-state index is 6.09. The Morgan fingerprint density at radius 2 is 2.18 bits per heavy atom. The molecule has 0 unspecified atom stereocenters. The summed E-state index contributed by atoms with van der Waals surface area (Å²) in [7, 11) is 0. The number of nitrogens with one attached hydrogen (secondary N) is 2. The van der Waals surface area contributed by atoms with Gasteiger partial charge in [-0.15, -0.1) is 0 Å². The smallest absolute Gasteiger partial charge is 0.232 e. The molecule has 1 aromatic heterocycles. The van der Waals surface area contributed by atoms with E-state index in [0.717, 1.165) is 38.4 Å². The number of nitrogens with zero attached hydrogens (tertiary/aromatic N) is 3. The molecule has 2 fully saturated rings. The Bertz CT molecular complexity index is 532. The van der Waals surface area contributed by atoms with Crippen molar-refractivity contribution < 1.29 is 4.74 Å². The molecule has 2 aliphatic heterocycles. The van der Waals surface area contributed by atoms with Gasteiger partial charge in [-0.05, 0) is 37.9 Å². The van der Waals surface area contributed by atoms with Crippen molar-refractivity contribution >= 4 is 40.7 Å². The molecule has 2 N–H and O–H groups in total. The second kappa shape index (κ2) is 7.39. The van der Waals surface area contributed by atoms with Crippen LogP contribution >= 0.6 is 23.8 Å². The first-order valence-corrected chi connectivity index (χ1v) is 8.45. The van der Waals surface area contributed by atoms with Crippen LogP contribution in [0.3, 0.4) is 0 Å². The van der Waals surface area contributed by atoms with Crippen LogP contribution in [0.1, 0.15) is 25.7 Å². The van der Waals surface area contributed by atoms with Crippen molar-refractivity contribution in [3.8, 4) is 0 Å². The normalized spacial score (nSPS) is 21.1. The third kappa shape index (κ3) is 4.18. The molecule has 22 heavy (non-hydrogen) atoms. The fourth-order valence-electron chi connectivity index (χ4n) is 2.73. The molecule has 0 spiro atoms. The Labute approximate surface area is 140 Å². The Morgan fingerprint density at radius 3 is 2.91 bits per heavy atom. The molecule has 0 radical (unpaired) electrons. The van der Waals surface area contributed by atoms with E-state index in [0.29, 0.717) is 22.8 Å². The van der Waals surface area contributed by atoms with Crippen LogP contribution in [0, 0.1) is 0 Å². The van der Waals surface area contributed by atoms with Gasteiger partial charge < -0.3 is 20.3 Å². The highest BCUT2D eigenvalue weighted by Gasteiger charge is 2.17. The molecular formula is C14H20ClN5OS. The van der Waals surface area contributed by atoms with Crippen LogP contribution in [0.5, 0.6) is 0 Å². The van der Waals surface area contributed by atoms with Crippen LogP contribution in [0.2, 0.25) is 5.15 Å². The van der Waals surface area contributed by atoms with E-state index in [1.165, 1.54) is 12.8 Å². The predicted molar refractivity (Wildman–Crippen MR) is 91.7 cm³/mol. The van der Waals surface area contributed by atoms with Crippen LogP contribution in [0.15, 0.2) is 6.07 Å². The Morgan fingerprint density at radius 1 is 1.36 bits per heavy atom. The van der Waals surface area contributed by atoms with Gasteiger partial charge in [0, 0.05) is 32.3 Å². The minimum Gasteiger partial charge on any atom is -0.376 e. The first kappa shape index (κ1) is 15.7. The van der Waals surface area contributed by atoms with E-state index in [-0.39, 0.29) is 6.10 Å². The van der Waals surface area contributed by atoms with Crippen LogP contribution in [0.25, 0.3) is 0 Å². The van der Waals surface area contributed by atoms with Crippen molar-refractivity contribution in [3.63, 3.8) is 0 Å². The number of hydrogen-bond donors (Lipinski definition) is 2. The van der Waals surface area contributed by atoms with Crippen molar-refractivity contribution in [3.05, 3.63) is 11.2 Å². The highest BCUT2D eigenvalue weighted by atomic mass is 35.5. The predicted octanol–water partition coefficient (Wildman–Crippen LogP) is 2.20. The van der Waals surface area contributed by atoms with Crippen LogP contribution in [-0.2, 0) is 4.74 Å². The first-order chi connectivity index (χ1) is 10.7. The number of hydrogen-bond acceptors (Lipinski definition) is 5. The lowest BCUT2D eigenvalue weighted by Crippen LogP contribution is -2.35. The molecule has 6 nitrogen and oxygen atoms in total. The maximum Gasteiger partial charge on any atom is 0.232 e. The second-order valence-electron chi connectivity index (χ2n) is 5.54. The highest BCUT2D eigenvalue weighted by molar-refractivity contribution is 7.80.